The van der Waals surface area contributed by atoms with E-state index >= 15 is 0 Å². The molecule has 2 aliphatic carbocycles. The number of allylic oxidation sites excluding steroid dienone is 1. The van der Waals surface area contributed by atoms with Crippen molar-refractivity contribution in [2.45, 2.75) is 78.1 Å². The van der Waals surface area contributed by atoms with E-state index in [4.69, 9.17) is 0 Å². The third-order valence-corrected chi connectivity index (χ3v) is 5.27. The van der Waals surface area contributed by atoms with Crippen molar-refractivity contribution in [1.82, 2.24) is 0 Å². The first-order chi connectivity index (χ1) is 10.1. The molecule has 1 aromatic carbocycles. The Labute approximate surface area is 155 Å². The Hall–Kier alpha value is -0.170. The van der Waals surface area contributed by atoms with Gasteiger partial charge in [-0.2, -0.15) is 0 Å². The monoisotopic (exact) mass is 462 g/mol. The number of rotatable bonds is 6. The van der Waals surface area contributed by atoms with Gasteiger partial charge in [-0.1, -0.05) is 77.2 Å². The first-order valence-electron chi connectivity index (χ1n) is 8.93. The first-order valence-corrected chi connectivity index (χ1v) is 8.93. The van der Waals surface area contributed by atoms with Gasteiger partial charge in [0.25, 0.3) is 0 Å². The zero-order chi connectivity index (χ0) is 14.9. The molecule has 3 rings (SSSR count). The fraction of sp³-hybridized carbons (Fsp3) is 0.619. The SMILES string of the molecule is CCCCCCCC1C=Cc2cc3c(cc21)CC(C)(C)C3.[Hf]. The smallest absolute Gasteiger partial charge is 0.00273 e. The molecule has 1 unspecified atom stereocenters. The van der Waals surface area contributed by atoms with Crippen molar-refractivity contribution in [3.05, 3.63) is 40.5 Å². The maximum absolute atomic E-state index is 2.54. The zero-order valence-corrected chi connectivity index (χ0v) is 18.1. The summed E-state index contributed by atoms with van der Waals surface area (Å²) in [5.74, 6) is 0.690. The van der Waals surface area contributed by atoms with Gasteiger partial charge >= 0.3 is 0 Å². The maximum atomic E-state index is 2.54. The van der Waals surface area contributed by atoms with E-state index in [-0.39, 0.29) is 25.8 Å². The summed E-state index contributed by atoms with van der Waals surface area (Å²) < 4.78 is 0. The van der Waals surface area contributed by atoms with Gasteiger partial charge in [-0.25, -0.2) is 0 Å². The van der Waals surface area contributed by atoms with Gasteiger partial charge in [-0.3, -0.25) is 0 Å². The van der Waals surface area contributed by atoms with Crippen molar-refractivity contribution in [1.29, 1.82) is 0 Å². The van der Waals surface area contributed by atoms with Crippen LogP contribution in [-0.4, -0.2) is 0 Å². The number of hydrogen-bond acceptors (Lipinski definition) is 0. The summed E-state index contributed by atoms with van der Waals surface area (Å²) in [6, 6.07) is 5.02. The number of unbranched alkanes of at least 4 members (excludes halogenated alkanes) is 4. The molecular weight excluding hydrogens is 431 g/mol. The summed E-state index contributed by atoms with van der Waals surface area (Å²) >= 11 is 0. The second-order valence-electron chi connectivity index (χ2n) is 7.94. The number of fused-ring (bicyclic) bond motifs is 2. The van der Waals surface area contributed by atoms with Crippen LogP contribution in [0.5, 0.6) is 0 Å². The van der Waals surface area contributed by atoms with E-state index in [1.807, 2.05) is 0 Å². The Morgan fingerprint density at radius 1 is 1.00 bits per heavy atom. The maximum Gasteiger partial charge on any atom is 0.00273 e. The van der Waals surface area contributed by atoms with Gasteiger partial charge in [-0.15, -0.1) is 0 Å². The van der Waals surface area contributed by atoms with E-state index in [9.17, 15) is 0 Å². The second-order valence-corrected chi connectivity index (χ2v) is 7.94. The minimum atomic E-state index is 0. The van der Waals surface area contributed by atoms with Crippen LogP contribution in [0, 0.1) is 5.41 Å². The molecule has 1 atom stereocenters. The van der Waals surface area contributed by atoms with Gasteiger partial charge < -0.3 is 0 Å². The summed E-state index contributed by atoms with van der Waals surface area (Å²) in [7, 11) is 0. The molecule has 0 nitrogen and oxygen atoms in total. The quantitative estimate of drug-likeness (QED) is 0.346. The van der Waals surface area contributed by atoms with Gasteiger partial charge in [-0.05, 0) is 46.9 Å². The van der Waals surface area contributed by atoms with E-state index < -0.39 is 0 Å². The third kappa shape index (κ3) is 4.02. The molecule has 22 heavy (non-hydrogen) atoms. The van der Waals surface area contributed by atoms with Gasteiger partial charge in [0, 0.05) is 31.8 Å². The molecule has 0 aliphatic heterocycles. The molecule has 0 saturated heterocycles. The summed E-state index contributed by atoms with van der Waals surface area (Å²) in [5.41, 5.74) is 6.81. The van der Waals surface area contributed by atoms with Crippen LogP contribution in [0.3, 0.4) is 0 Å². The van der Waals surface area contributed by atoms with Crippen molar-refractivity contribution in [3.63, 3.8) is 0 Å². The standard InChI is InChI=1S/C21H30.Hf/c1-4-5-6-7-8-9-16-10-11-17-12-18-14-21(2,3)15-19(18)13-20(16)17;/h10-13,16H,4-9,14-15H2,1-3H3;. The van der Waals surface area contributed by atoms with E-state index in [1.54, 1.807) is 16.7 Å². The Balaban J connectivity index is 0.00000176. The summed E-state index contributed by atoms with van der Waals surface area (Å²) in [6.07, 6.45) is 15.6. The van der Waals surface area contributed by atoms with Crippen molar-refractivity contribution < 1.29 is 25.8 Å². The summed E-state index contributed by atoms with van der Waals surface area (Å²) in [6.45, 7) is 7.09. The van der Waals surface area contributed by atoms with Crippen LogP contribution >= 0.6 is 0 Å². The Morgan fingerprint density at radius 3 is 2.41 bits per heavy atom. The van der Waals surface area contributed by atoms with Crippen LogP contribution in [0.4, 0.5) is 0 Å². The van der Waals surface area contributed by atoms with E-state index in [2.05, 4.69) is 45.1 Å². The molecule has 0 heterocycles. The Morgan fingerprint density at radius 2 is 1.68 bits per heavy atom. The Kier molecular flexibility index (Phi) is 6.28. The fourth-order valence-corrected chi connectivity index (χ4v) is 4.16. The average Bonchev–Trinajstić information content (AvgIpc) is 2.94. The van der Waals surface area contributed by atoms with Gasteiger partial charge in [0.15, 0.2) is 0 Å². The fourth-order valence-electron chi connectivity index (χ4n) is 4.16. The molecule has 0 bridgehead atoms. The third-order valence-electron chi connectivity index (χ3n) is 5.27. The van der Waals surface area contributed by atoms with E-state index in [0.29, 0.717) is 11.3 Å². The Bertz CT molecular complexity index is 539. The molecule has 0 fully saturated rings. The predicted octanol–water partition coefficient (Wildman–Crippen LogP) is 6.28. The molecule has 118 valence electrons. The van der Waals surface area contributed by atoms with Crippen LogP contribution in [0.1, 0.15) is 87.5 Å². The van der Waals surface area contributed by atoms with Gasteiger partial charge in [0.1, 0.15) is 0 Å². The van der Waals surface area contributed by atoms with Crippen LogP contribution in [-0.2, 0) is 38.7 Å². The van der Waals surface area contributed by atoms with Crippen molar-refractivity contribution >= 4 is 6.08 Å². The molecule has 2 aliphatic rings. The molecule has 0 radical (unpaired) electrons. The van der Waals surface area contributed by atoms with E-state index in [1.165, 1.54) is 56.9 Å². The van der Waals surface area contributed by atoms with Crippen LogP contribution in [0.25, 0.3) is 6.08 Å². The number of benzene rings is 1. The predicted molar refractivity (Wildman–Crippen MR) is 92.8 cm³/mol. The molecule has 1 heteroatoms. The molecule has 0 N–H and O–H groups in total. The van der Waals surface area contributed by atoms with Crippen LogP contribution in [0.2, 0.25) is 0 Å². The van der Waals surface area contributed by atoms with Crippen molar-refractivity contribution in [3.8, 4) is 0 Å². The second kappa shape index (κ2) is 7.60. The average molecular weight is 461 g/mol. The zero-order valence-electron chi connectivity index (χ0n) is 14.5. The van der Waals surface area contributed by atoms with Gasteiger partial charge in [0.2, 0.25) is 0 Å². The van der Waals surface area contributed by atoms with Crippen molar-refractivity contribution in [2.24, 2.45) is 5.41 Å². The summed E-state index contributed by atoms with van der Waals surface area (Å²) in [5, 5.41) is 0. The molecule has 0 saturated carbocycles. The van der Waals surface area contributed by atoms with Crippen LogP contribution < -0.4 is 0 Å². The topological polar surface area (TPSA) is 0 Å². The molecule has 1 aromatic rings. The van der Waals surface area contributed by atoms with Crippen molar-refractivity contribution in [2.75, 3.05) is 0 Å². The molecule has 0 aromatic heterocycles. The molecule has 0 amide bonds. The largest absolute Gasteiger partial charge is 0.0764 e. The molecule has 0 spiro atoms. The van der Waals surface area contributed by atoms with Crippen LogP contribution in [0.15, 0.2) is 18.2 Å². The normalized spacial score (nSPS) is 20.6. The molecular formula is C21H30Hf. The minimum Gasteiger partial charge on any atom is -0.0764 e. The number of hydrogen-bond donors (Lipinski definition) is 0. The van der Waals surface area contributed by atoms with E-state index in [0.717, 1.165) is 0 Å². The minimum absolute atomic E-state index is 0. The summed E-state index contributed by atoms with van der Waals surface area (Å²) in [4.78, 5) is 0. The van der Waals surface area contributed by atoms with Gasteiger partial charge in [0.05, 0.1) is 0 Å². The first kappa shape index (κ1) is 18.2.